The smallest absolute Gasteiger partial charge is 0.123 e. The second-order valence-electron chi connectivity index (χ2n) is 6.14. The molecule has 5 nitrogen and oxygen atoms in total. The van der Waals surface area contributed by atoms with Gasteiger partial charge in [-0.15, -0.1) is 0 Å². The minimum absolute atomic E-state index is 0.0462. The molecule has 1 fully saturated rings. The van der Waals surface area contributed by atoms with Gasteiger partial charge >= 0.3 is 0 Å². The second kappa shape index (κ2) is 9.17. The number of benzene rings is 1. The molecule has 1 saturated heterocycles. The topological polar surface area (TPSA) is 71.0 Å². The standard InChI is InChI=1S/C17H26FNO4/c18-14-1-3-16(4-2-14)23-12-15(21)11-19-13-17(5-8-20)6-9-22-10-7-17/h1-4,15,19-21H,5-13H2. The first-order chi connectivity index (χ1) is 11.1. The number of hydrogen-bond acceptors (Lipinski definition) is 5. The summed E-state index contributed by atoms with van der Waals surface area (Å²) in [5, 5.41) is 22.5. The highest BCUT2D eigenvalue weighted by atomic mass is 19.1. The molecule has 1 atom stereocenters. The van der Waals surface area contributed by atoms with Gasteiger partial charge in [0.15, 0.2) is 0 Å². The van der Waals surface area contributed by atoms with E-state index in [2.05, 4.69) is 5.32 Å². The fourth-order valence-electron chi connectivity index (χ4n) is 2.84. The van der Waals surface area contributed by atoms with Crippen LogP contribution in [-0.4, -0.2) is 55.8 Å². The van der Waals surface area contributed by atoms with Crippen LogP contribution in [-0.2, 0) is 4.74 Å². The van der Waals surface area contributed by atoms with Crippen LogP contribution < -0.4 is 10.1 Å². The predicted octanol–water partition coefficient (Wildman–Crippen LogP) is 1.33. The molecule has 1 aromatic rings. The van der Waals surface area contributed by atoms with Crippen LogP contribution in [0.25, 0.3) is 0 Å². The van der Waals surface area contributed by atoms with Gasteiger partial charge in [-0.3, -0.25) is 0 Å². The average Bonchev–Trinajstić information content (AvgIpc) is 2.55. The molecule has 130 valence electrons. The lowest BCUT2D eigenvalue weighted by Gasteiger charge is -2.37. The van der Waals surface area contributed by atoms with E-state index in [-0.39, 0.29) is 24.4 Å². The predicted molar refractivity (Wildman–Crippen MR) is 85.0 cm³/mol. The number of aliphatic hydroxyl groups excluding tert-OH is 2. The number of rotatable bonds is 9. The van der Waals surface area contributed by atoms with E-state index >= 15 is 0 Å². The van der Waals surface area contributed by atoms with Crippen molar-refractivity contribution in [3.8, 4) is 5.75 Å². The first kappa shape index (κ1) is 18.1. The molecule has 0 amide bonds. The zero-order valence-electron chi connectivity index (χ0n) is 13.3. The zero-order chi connectivity index (χ0) is 16.5. The van der Waals surface area contributed by atoms with Crippen molar-refractivity contribution < 1.29 is 24.1 Å². The fourth-order valence-corrected chi connectivity index (χ4v) is 2.84. The van der Waals surface area contributed by atoms with Crippen molar-refractivity contribution in [2.24, 2.45) is 5.41 Å². The van der Waals surface area contributed by atoms with Gasteiger partial charge in [0.2, 0.25) is 0 Å². The summed E-state index contributed by atoms with van der Waals surface area (Å²) >= 11 is 0. The molecule has 1 aromatic carbocycles. The van der Waals surface area contributed by atoms with Crippen molar-refractivity contribution in [3.63, 3.8) is 0 Å². The molecule has 3 N–H and O–H groups in total. The Bertz CT molecular complexity index is 443. The van der Waals surface area contributed by atoms with E-state index in [1.807, 2.05) is 0 Å². The van der Waals surface area contributed by atoms with E-state index in [0.29, 0.717) is 12.3 Å². The fraction of sp³-hybridized carbons (Fsp3) is 0.647. The van der Waals surface area contributed by atoms with Gasteiger partial charge in [-0.05, 0) is 48.9 Å². The van der Waals surface area contributed by atoms with Gasteiger partial charge in [-0.2, -0.15) is 0 Å². The van der Waals surface area contributed by atoms with Crippen LogP contribution in [0.1, 0.15) is 19.3 Å². The highest BCUT2D eigenvalue weighted by Gasteiger charge is 2.31. The molecule has 1 aliphatic heterocycles. The number of hydrogen-bond donors (Lipinski definition) is 3. The number of ether oxygens (including phenoxy) is 2. The monoisotopic (exact) mass is 327 g/mol. The molecular formula is C17H26FNO4. The Kier molecular flexibility index (Phi) is 7.23. The van der Waals surface area contributed by atoms with Crippen LogP contribution >= 0.6 is 0 Å². The maximum absolute atomic E-state index is 12.8. The van der Waals surface area contributed by atoms with E-state index < -0.39 is 6.10 Å². The Morgan fingerprint density at radius 3 is 2.61 bits per heavy atom. The molecule has 2 rings (SSSR count). The molecule has 0 aromatic heterocycles. The van der Waals surface area contributed by atoms with E-state index in [9.17, 15) is 14.6 Å². The molecule has 1 heterocycles. The van der Waals surface area contributed by atoms with Gasteiger partial charge in [0.05, 0.1) is 0 Å². The third-order valence-corrected chi connectivity index (χ3v) is 4.33. The lowest BCUT2D eigenvalue weighted by atomic mass is 9.77. The van der Waals surface area contributed by atoms with E-state index in [1.54, 1.807) is 0 Å². The van der Waals surface area contributed by atoms with Crippen molar-refractivity contribution in [2.45, 2.75) is 25.4 Å². The maximum atomic E-state index is 12.8. The molecule has 0 saturated carbocycles. The summed E-state index contributed by atoms with van der Waals surface area (Å²) in [4.78, 5) is 0. The zero-order valence-corrected chi connectivity index (χ0v) is 13.3. The van der Waals surface area contributed by atoms with Crippen LogP contribution in [0.15, 0.2) is 24.3 Å². The Morgan fingerprint density at radius 1 is 1.26 bits per heavy atom. The lowest BCUT2D eigenvalue weighted by Crippen LogP contribution is -2.43. The quantitative estimate of drug-likeness (QED) is 0.638. The summed E-state index contributed by atoms with van der Waals surface area (Å²) in [5.41, 5.74) is 0.0462. The van der Waals surface area contributed by atoms with Gasteiger partial charge in [0, 0.05) is 32.9 Å². The summed E-state index contributed by atoms with van der Waals surface area (Å²) in [6.45, 7) is 2.90. The van der Waals surface area contributed by atoms with Crippen LogP contribution in [0.2, 0.25) is 0 Å². The summed E-state index contributed by atoms with van der Waals surface area (Å²) in [6, 6.07) is 5.72. The average molecular weight is 327 g/mol. The summed E-state index contributed by atoms with van der Waals surface area (Å²) in [6.07, 6.45) is 1.93. The van der Waals surface area contributed by atoms with Crippen molar-refractivity contribution in [3.05, 3.63) is 30.1 Å². The van der Waals surface area contributed by atoms with Gasteiger partial charge in [-0.25, -0.2) is 4.39 Å². The van der Waals surface area contributed by atoms with Gasteiger partial charge in [0.1, 0.15) is 24.3 Å². The van der Waals surface area contributed by atoms with Crippen LogP contribution in [0, 0.1) is 11.2 Å². The molecule has 0 spiro atoms. The van der Waals surface area contributed by atoms with Crippen LogP contribution in [0.5, 0.6) is 5.75 Å². The lowest BCUT2D eigenvalue weighted by molar-refractivity contribution is 0.000614. The maximum Gasteiger partial charge on any atom is 0.123 e. The molecule has 0 aliphatic carbocycles. The highest BCUT2D eigenvalue weighted by Crippen LogP contribution is 2.33. The number of aliphatic hydroxyl groups is 2. The Morgan fingerprint density at radius 2 is 1.96 bits per heavy atom. The second-order valence-corrected chi connectivity index (χ2v) is 6.14. The molecule has 1 unspecified atom stereocenters. The Labute approximate surface area is 136 Å². The minimum Gasteiger partial charge on any atom is -0.491 e. The van der Waals surface area contributed by atoms with Gasteiger partial charge < -0.3 is 25.0 Å². The van der Waals surface area contributed by atoms with Crippen LogP contribution in [0.4, 0.5) is 4.39 Å². The Hall–Kier alpha value is -1.21. The van der Waals surface area contributed by atoms with Crippen molar-refractivity contribution in [1.29, 1.82) is 0 Å². The third kappa shape index (κ3) is 6.06. The normalized spacial score (nSPS) is 18.6. The first-order valence-electron chi connectivity index (χ1n) is 8.09. The van der Waals surface area contributed by atoms with Gasteiger partial charge in [0.25, 0.3) is 0 Å². The molecule has 1 aliphatic rings. The minimum atomic E-state index is -0.647. The number of nitrogens with one attached hydrogen (secondary N) is 1. The van der Waals surface area contributed by atoms with E-state index in [1.165, 1.54) is 24.3 Å². The number of halogens is 1. The molecule has 0 bridgehead atoms. The van der Waals surface area contributed by atoms with Crippen molar-refractivity contribution in [1.82, 2.24) is 5.32 Å². The Balaban J connectivity index is 1.68. The molecule has 6 heteroatoms. The highest BCUT2D eigenvalue weighted by molar-refractivity contribution is 5.22. The SMILES string of the molecule is OCCC1(CNCC(O)COc2ccc(F)cc2)CCOCC1. The first-order valence-corrected chi connectivity index (χ1v) is 8.09. The molecular weight excluding hydrogens is 301 g/mol. The largest absolute Gasteiger partial charge is 0.491 e. The van der Waals surface area contributed by atoms with Crippen molar-refractivity contribution in [2.75, 3.05) is 39.5 Å². The third-order valence-electron chi connectivity index (χ3n) is 4.33. The summed E-state index contributed by atoms with van der Waals surface area (Å²) < 4.78 is 23.6. The van der Waals surface area contributed by atoms with Crippen molar-refractivity contribution >= 4 is 0 Å². The summed E-state index contributed by atoms with van der Waals surface area (Å²) in [5.74, 6) is 0.219. The van der Waals surface area contributed by atoms with Gasteiger partial charge in [-0.1, -0.05) is 0 Å². The molecule has 0 radical (unpaired) electrons. The molecule has 23 heavy (non-hydrogen) atoms. The van der Waals surface area contributed by atoms with Crippen LogP contribution in [0.3, 0.4) is 0 Å². The van der Waals surface area contributed by atoms with E-state index in [0.717, 1.165) is 39.0 Å². The van der Waals surface area contributed by atoms with E-state index in [4.69, 9.17) is 9.47 Å². The summed E-state index contributed by atoms with van der Waals surface area (Å²) in [7, 11) is 0.